The molecule has 29 nitrogen and oxygen atoms in total. The highest BCUT2D eigenvalue weighted by Gasteiger charge is 2.46. The highest BCUT2D eigenvalue weighted by Crippen LogP contribution is 2.42. The number of hydrogen-bond acceptors (Lipinski definition) is 23. The SMILES string of the molecule is CC(C)[C@@H]1CC(=O)C(C)(C2CCOC2)/C=C/c2ccc3ccc(nc3c2)[C@@H](C)OC(=O)[C@@H]2CCCN(N2)C(=O)[C@H](C)NC1=O.CC(C)[C@H](CC(=O)C(C)(/C=C/c1ccc2ccc([C@@H](C)O)nc2c1)C1CCOC1)C(=O)N[C@@H](C)C(=O)N1CCC[C@@H](C(=O)OCC(Cl)(Cl)Cl)C1.Cc1cccc([N+](=O)[O-])c1C(=O)OC(=O)c1c(C)cccc1[N+](=O)[O-]. The van der Waals surface area contributed by atoms with Crippen LogP contribution in [0.25, 0.3) is 34.0 Å². The largest absolute Gasteiger partial charge is 0.461 e. The van der Waals surface area contributed by atoms with E-state index in [1.54, 1.807) is 38.7 Å². The number of fused-ring (bicyclic) bond motifs is 5. The number of rotatable bonds is 19. The van der Waals surface area contributed by atoms with Crippen molar-refractivity contribution in [3.8, 4) is 0 Å². The number of likely N-dealkylation sites (tertiary alicyclic amines) is 1. The van der Waals surface area contributed by atoms with Crippen molar-refractivity contribution in [2.24, 2.45) is 52.3 Å². The lowest BCUT2D eigenvalue weighted by Crippen LogP contribution is -2.59. The second-order valence-corrected chi connectivity index (χ2v) is 34.7. The molecule has 4 unspecified atom stereocenters. The Labute approximate surface area is 705 Å². The Kier molecular flexibility index (Phi) is 31.9. The maximum atomic E-state index is 14.2. The third kappa shape index (κ3) is 23.8. The second kappa shape index (κ2) is 40.8. The number of aliphatic hydroxyl groups is 1. The molecule has 2 aromatic heterocycles. The number of Topliss-reactive ketones (excluding diaryl/α,β-unsaturated/α-hetero) is 2. The van der Waals surface area contributed by atoms with E-state index >= 15 is 0 Å². The van der Waals surface area contributed by atoms with Crippen LogP contribution in [-0.4, -0.2) is 168 Å². The number of nitro benzene ring substituents is 2. The molecule has 11 rings (SSSR count). The molecule has 5 bridgehead atoms. The molecule has 0 radical (unpaired) electrons. The average molecular weight is 1700 g/mol. The molecule has 638 valence electrons. The lowest BCUT2D eigenvalue weighted by Gasteiger charge is -2.35. The maximum absolute atomic E-state index is 14.2. The number of amides is 4. The van der Waals surface area contributed by atoms with E-state index in [2.05, 4.69) is 25.8 Å². The molecule has 4 N–H and O–H groups in total. The van der Waals surface area contributed by atoms with Crippen LogP contribution in [0, 0.1) is 86.3 Å². The number of nitrogens with zero attached hydrogens (tertiary/aromatic N) is 6. The van der Waals surface area contributed by atoms with Gasteiger partial charge in [-0.2, -0.15) is 0 Å². The number of aliphatic hydroxyl groups excluding tert-OH is 1. The number of esters is 4. The summed E-state index contributed by atoms with van der Waals surface area (Å²) in [4.78, 5) is 164. The van der Waals surface area contributed by atoms with E-state index in [1.807, 2.05) is 120 Å². The Morgan fingerprint density at radius 3 is 1.99 bits per heavy atom. The number of pyridine rings is 2. The van der Waals surface area contributed by atoms with Crippen LogP contribution in [-0.2, 0) is 62.0 Å². The molecule has 5 aliphatic rings. The third-order valence-corrected chi connectivity index (χ3v) is 23.2. The zero-order valence-corrected chi connectivity index (χ0v) is 71.1. The van der Waals surface area contributed by atoms with Crippen LogP contribution in [0.5, 0.6) is 0 Å². The zero-order valence-electron chi connectivity index (χ0n) is 68.8. The van der Waals surface area contributed by atoms with Crippen molar-refractivity contribution < 1.29 is 86.6 Å². The van der Waals surface area contributed by atoms with Crippen LogP contribution in [0.4, 0.5) is 11.4 Å². The summed E-state index contributed by atoms with van der Waals surface area (Å²) < 4.78 is 25.3. The number of aromatic nitrogens is 2. The van der Waals surface area contributed by atoms with Crippen molar-refractivity contribution in [3.05, 3.63) is 174 Å². The van der Waals surface area contributed by atoms with Gasteiger partial charge in [0.15, 0.2) is 0 Å². The minimum atomic E-state index is -1.73. The maximum Gasteiger partial charge on any atom is 0.353 e. The van der Waals surface area contributed by atoms with Crippen LogP contribution in [0.15, 0.2) is 109 Å². The Morgan fingerprint density at radius 2 is 1.39 bits per heavy atom. The number of halogens is 3. The number of hydrogen-bond donors (Lipinski definition) is 4. The van der Waals surface area contributed by atoms with Gasteiger partial charge in [0.05, 0.1) is 57.5 Å². The normalized spacial score (nSPS) is 22.9. The van der Waals surface area contributed by atoms with E-state index in [-0.39, 0.29) is 101 Å². The summed E-state index contributed by atoms with van der Waals surface area (Å²) in [7, 11) is 0. The smallest absolute Gasteiger partial charge is 0.353 e. The van der Waals surface area contributed by atoms with Gasteiger partial charge in [-0.1, -0.05) is 147 Å². The number of nitrogens with one attached hydrogen (secondary N) is 3. The number of allylic oxidation sites excluding steroid dienone is 2. The fourth-order valence-corrected chi connectivity index (χ4v) is 15.4. The summed E-state index contributed by atoms with van der Waals surface area (Å²) in [5.74, 6) is -7.30. The quantitative estimate of drug-likeness (QED) is 0.0146. The minimum Gasteiger partial charge on any atom is -0.461 e. The van der Waals surface area contributed by atoms with Gasteiger partial charge in [-0.3, -0.25) is 68.6 Å². The standard InChI is InChI=1S/C37H48Cl3N3O7.C34H44N4O6.C16H12N2O7/c1-22(2)29(33(46)41-23(3)34(47)43-15-6-7-27(19-43)35(48)50-21-37(38,39)40)18-32(45)36(5,28-13-16-49-20-28)14-12-25-8-9-26-10-11-30(24(4)44)42-31(26)17-25;1-20(2)26-18-30(39)34(5,25-13-16-43-19-25)14-12-23-8-9-24-10-11-27(36-29(24)17-23)22(4)44-33(42)28-7-6-15-38(37-28)32(41)21(3)35-31(26)40;1-9-5-3-7-11(17(21)22)13(9)15(19)25-16(20)14-10(2)6-4-8-12(14)18(23)24/h8-12,14,17,22-24,27-29,44H,6-7,13,15-16,18-21H2,1-5H3,(H,41,46);8-12,14,17,20-22,25-26,28,37H,6-7,13,15-16,18-19H2,1-5H3,(H,35,40);3-8H,1-2H3/b2*14-12+;/t23-,24+,27+,28?,29-,36?;21-,22+,25?,26-,28-,34?;/m00./s1. The number of aryl methyl sites for hydroxylation is 2. The second-order valence-electron chi connectivity index (χ2n) is 32.2. The molecule has 12 atom stereocenters. The number of carbonyl (C=O) groups excluding carboxylic acids is 10. The summed E-state index contributed by atoms with van der Waals surface area (Å²) >= 11 is 17.1. The molecule has 5 aliphatic heterocycles. The molecular weight excluding hydrogens is 1600 g/mol. The van der Waals surface area contributed by atoms with Crippen LogP contribution in [0.2, 0.25) is 0 Å². The topological polar surface area (TPSA) is 392 Å². The summed E-state index contributed by atoms with van der Waals surface area (Å²) in [6, 6.07) is 24.7. The molecule has 7 heterocycles. The van der Waals surface area contributed by atoms with E-state index in [0.29, 0.717) is 83.0 Å². The highest BCUT2D eigenvalue weighted by molar-refractivity contribution is 6.67. The first kappa shape index (κ1) is 92.9. The molecule has 4 aromatic carbocycles. The van der Waals surface area contributed by atoms with E-state index < -0.39 is 114 Å². The van der Waals surface area contributed by atoms with Crippen LogP contribution < -0.4 is 16.1 Å². The first-order valence-corrected chi connectivity index (χ1v) is 41.1. The molecule has 0 aliphatic carbocycles. The molecule has 4 fully saturated rings. The van der Waals surface area contributed by atoms with E-state index in [9.17, 15) is 73.3 Å². The molecule has 0 saturated carbocycles. The first-order chi connectivity index (χ1) is 56.2. The van der Waals surface area contributed by atoms with Crippen LogP contribution in [0.1, 0.15) is 187 Å². The van der Waals surface area contributed by atoms with Crippen LogP contribution >= 0.6 is 34.8 Å². The minimum absolute atomic E-state index is 0.0143. The molecule has 32 heteroatoms. The number of ketones is 2. The number of cyclic esters (lactones) is 1. The van der Waals surface area contributed by atoms with Crippen molar-refractivity contribution in [1.82, 2.24) is 35.9 Å². The van der Waals surface area contributed by atoms with Crippen molar-refractivity contribution in [2.45, 2.75) is 169 Å². The average Bonchev–Trinajstić information content (AvgIpc) is 1.79. The Balaban J connectivity index is 0.000000214. The Hall–Kier alpha value is -10.0. The van der Waals surface area contributed by atoms with Gasteiger partial charge in [-0.25, -0.2) is 20.0 Å². The van der Waals surface area contributed by atoms with E-state index in [1.165, 1.54) is 43.1 Å². The van der Waals surface area contributed by atoms with Gasteiger partial charge in [-0.05, 0) is 152 Å². The Bertz CT molecular complexity index is 4790. The molecule has 4 amide bonds. The number of ether oxygens (including phenoxy) is 5. The van der Waals surface area contributed by atoms with Crippen molar-refractivity contribution in [2.75, 3.05) is 52.7 Å². The predicted molar refractivity (Wildman–Crippen MR) is 446 cm³/mol. The summed E-state index contributed by atoms with van der Waals surface area (Å²) in [6.45, 7) is 23.6. The van der Waals surface area contributed by atoms with Crippen molar-refractivity contribution in [1.29, 1.82) is 0 Å². The van der Waals surface area contributed by atoms with Crippen molar-refractivity contribution in [3.63, 3.8) is 0 Å². The molecule has 119 heavy (non-hydrogen) atoms. The number of piperidine rings is 1. The lowest BCUT2D eigenvalue weighted by molar-refractivity contribution is -0.385. The Morgan fingerprint density at radius 1 is 0.782 bits per heavy atom. The lowest BCUT2D eigenvalue weighted by atomic mass is 9.69. The third-order valence-electron chi connectivity index (χ3n) is 22.8. The van der Waals surface area contributed by atoms with Gasteiger partial charge in [0, 0.05) is 103 Å². The molecule has 0 spiro atoms. The van der Waals surface area contributed by atoms with E-state index in [4.69, 9.17) is 58.7 Å². The number of carbonyl (C=O) groups is 10. The number of benzene rings is 4. The highest BCUT2D eigenvalue weighted by atomic mass is 35.6. The van der Waals surface area contributed by atoms with Gasteiger partial charge in [-0.15, -0.1) is 0 Å². The van der Waals surface area contributed by atoms with Crippen molar-refractivity contribution >= 4 is 139 Å². The van der Waals surface area contributed by atoms with Gasteiger partial charge in [0.1, 0.15) is 53.5 Å². The fourth-order valence-electron chi connectivity index (χ4n) is 15.2. The number of alkyl halides is 3. The molecule has 6 aromatic rings. The zero-order chi connectivity index (χ0) is 87.1. The molecule has 4 saturated heterocycles. The van der Waals surface area contributed by atoms with Gasteiger partial charge >= 0.3 is 23.9 Å². The number of nitro groups is 2. The fraction of sp³-hybridized carbons (Fsp3) is 0.494. The van der Waals surface area contributed by atoms with Crippen LogP contribution in [0.3, 0.4) is 0 Å². The first-order valence-electron chi connectivity index (χ1n) is 39.9. The van der Waals surface area contributed by atoms with Gasteiger partial charge in [0.2, 0.25) is 21.5 Å². The van der Waals surface area contributed by atoms with Gasteiger partial charge < -0.3 is 44.3 Å². The molecular formula is C87H104Cl3N9O20. The van der Waals surface area contributed by atoms with E-state index in [0.717, 1.165) is 51.5 Å². The monoisotopic (exact) mass is 1700 g/mol. The summed E-state index contributed by atoms with van der Waals surface area (Å²) in [5.41, 5.74) is 4.34. The van der Waals surface area contributed by atoms with Gasteiger partial charge in [0.25, 0.3) is 17.3 Å². The number of hydrazine groups is 1. The summed E-state index contributed by atoms with van der Waals surface area (Å²) in [5, 5.41) is 41.1. The summed E-state index contributed by atoms with van der Waals surface area (Å²) in [6.07, 6.45) is 10.1. The predicted octanol–water partition coefficient (Wildman–Crippen LogP) is 13.5.